The zero-order chi connectivity index (χ0) is 9.80. The predicted octanol–water partition coefficient (Wildman–Crippen LogP) is -0.602. The van der Waals surface area contributed by atoms with Crippen LogP contribution in [-0.2, 0) is 4.74 Å². The highest BCUT2D eigenvalue weighted by atomic mass is 16.5. The van der Waals surface area contributed by atoms with Crippen molar-refractivity contribution in [3.8, 4) is 0 Å². The fourth-order valence-electron chi connectivity index (χ4n) is 2.29. The summed E-state index contributed by atoms with van der Waals surface area (Å²) in [7, 11) is 0. The van der Waals surface area contributed by atoms with Crippen molar-refractivity contribution in [3.05, 3.63) is 0 Å². The summed E-state index contributed by atoms with van der Waals surface area (Å²) < 4.78 is 5.63. The van der Waals surface area contributed by atoms with Gasteiger partial charge >= 0.3 is 0 Å². The Kier molecular flexibility index (Phi) is 3.75. The van der Waals surface area contributed by atoms with Crippen molar-refractivity contribution >= 4 is 0 Å². The van der Waals surface area contributed by atoms with Gasteiger partial charge in [-0.05, 0) is 12.8 Å². The van der Waals surface area contributed by atoms with E-state index < -0.39 is 0 Å². The molecule has 82 valence electrons. The second-order valence-corrected chi connectivity index (χ2v) is 4.28. The standard InChI is InChI=1S/C10H21N3O/c11-6-9-7-13(4-3-12-9)8-10-2-1-5-14-10/h9-10,12H,1-8,11H2. The molecule has 4 heteroatoms. The second kappa shape index (κ2) is 5.07. The summed E-state index contributed by atoms with van der Waals surface area (Å²) in [5, 5.41) is 3.42. The van der Waals surface area contributed by atoms with Crippen molar-refractivity contribution in [2.45, 2.75) is 25.0 Å². The minimum atomic E-state index is 0.477. The highest BCUT2D eigenvalue weighted by Gasteiger charge is 2.23. The summed E-state index contributed by atoms with van der Waals surface area (Å²) in [6.45, 7) is 6.07. The van der Waals surface area contributed by atoms with Gasteiger partial charge in [0.05, 0.1) is 6.10 Å². The van der Waals surface area contributed by atoms with E-state index in [1.54, 1.807) is 0 Å². The number of ether oxygens (including phenoxy) is 1. The van der Waals surface area contributed by atoms with Crippen LogP contribution in [0.25, 0.3) is 0 Å². The van der Waals surface area contributed by atoms with Crippen molar-refractivity contribution in [2.75, 3.05) is 39.3 Å². The molecule has 0 bridgehead atoms. The lowest BCUT2D eigenvalue weighted by atomic mass is 10.1. The normalized spacial score (nSPS) is 34.9. The molecule has 2 aliphatic rings. The van der Waals surface area contributed by atoms with Gasteiger partial charge < -0.3 is 15.8 Å². The molecule has 2 fully saturated rings. The monoisotopic (exact) mass is 199 g/mol. The first kappa shape index (κ1) is 10.4. The molecule has 0 aromatic carbocycles. The van der Waals surface area contributed by atoms with Crippen LogP contribution in [0.15, 0.2) is 0 Å². The number of piperazine rings is 1. The Bertz CT molecular complexity index is 171. The molecule has 0 spiro atoms. The third-order valence-corrected chi connectivity index (χ3v) is 3.11. The highest BCUT2D eigenvalue weighted by molar-refractivity contribution is 4.81. The maximum atomic E-state index is 5.65. The molecule has 2 atom stereocenters. The van der Waals surface area contributed by atoms with Crippen molar-refractivity contribution in [3.63, 3.8) is 0 Å². The first-order valence-electron chi connectivity index (χ1n) is 5.66. The molecular formula is C10H21N3O. The van der Waals surface area contributed by atoms with Crippen molar-refractivity contribution in [2.24, 2.45) is 5.73 Å². The lowest BCUT2D eigenvalue weighted by molar-refractivity contribution is 0.0631. The Hall–Kier alpha value is -0.160. The quantitative estimate of drug-likeness (QED) is 0.637. The molecule has 0 amide bonds. The van der Waals surface area contributed by atoms with Gasteiger partial charge in [0.15, 0.2) is 0 Å². The molecule has 3 N–H and O–H groups in total. The topological polar surface area (TPSA) is 50.5 Å². The Labute approximate surface area is 85.8 Å². The van der Waals surface area contributed by atoms with E-state index in [1.807, 2.05) is 0 Å². The number of nitrogens with zero attached hydrogens (tertiary/aromatic N) is 1. The van der Waals surface area contributed by atoms with Crippen LogP contribution >= 0.6 is 0 Å². The van der Waals surface area contributed by atoms with Crippen LogP contribution in [0.4, 0.5) is 0 Å². The minimum Gasteiger partial charge on any atom is -0.377 e. The molecule has 4 nitrogen and oxygen atoms in total. The van der Waals surface area contributed by atoms with Crippen molar-refractivity contribution < 1.29 is 4.74 Å². The van der Waals surface area contributed by atoms with Gasteiger partial charge in [-0.15, -0.1) is 0 Å². The van der Waals surface area contributed by atoms with Gasteiger partial charge in [0.2, 0.25) is 0 Å². The third-order valence-electron chi connectivity index (χ3n) is 3.11. The number of hydrogen-bond donors (Lipinski definition) is 2. The lowest BCUT2D eigenvalue weighted by Gasteiger charge is -2.34. The summed E-state index contributed by atoms with van der Waals surface area (Å²) in [6, 6.07) is 0.477. The maximum absolute atomic E-state index is 5.65. The fraction of sp³-hybridized carbons (Fsp3) is 1.00. The molecule has 2 unspecified atom stereocenters. The fourth-order valence-corrected chi connectivity index (χ4v) is 2.29. The Balaban J connectivity index is 1.73. The second-order valence-electron chi connectivity index (χ2n) is 4.28. The van der Waals surface area contributed by atoms with Gasteiger partial charge in [-0.3, -0.25) is 4.90 Å². The maximum Gasteiger partial charge on any atom is 0.0702 e. The van der Waals surface area contributed by atoms with Crippen LogP contribution in [0.3, 0.4) is 0 Å². The zero-order valence-corrected chi connectivity index (χ0v) is 8.74. The molecule has 0 aromatic rings. The average Bonchev–Trinajstić information content (AvgIpc) is 2.71. The Morgan fingerprint density at radius 2 is 2.43 bits per heavy atom. The van der Waals surface area contributed by atoms with Crippen molar-refractivity contribution in [1.29, 1.82) is 0 Å². The van der Waals surface area contributed by atoms with Crippen LogP contribution in [0.2, 0.25) is 0 Å². The van der Waals surface area contributed by atoms with Gasteiger partial charge in [-0.2, -0.15) is 0 Å². The Morgan fingerprint density at radius 3 is 3.14 bits per heavy atom. The molecule has 0 saturated carbocycles. The molecular weight excluding hydrogens is 178 g/mol. The molecule has 0 aromatic heterocycles. The molecule has 2 saturated heterocycles. The van der Waals surface area contributed by atoms with E-state index in [2.05, 4.69) is 10.2 Å². The van der Waals surface area contributed by atoms with Crippen LogP contribution in [-0.4, -0.2) is 56.4 Å². The van der Waals surface area contributed by atoms with Gasteiger partial charge in [0.25, 0.3) is 0 Å². The van der Waals surface area contributed by atoms with Crippen LogP contribution < -0.4 is 11.1 Å². The lowest BCUT2D eigenvalue weighted by Crippen LogP contribution is -2.54. The van der Waals surface area contributed by atoms with Gasteiger partial charge in [-0.25, -0.2) is 0 Å². The largest absolute Gasteiger partial charge is 0.377 e. The van der Waals surface area contributed by atoms with Gasteiger partial charge in [0.1, 0.15) is 0 Å². The zero-order valence-electron chi connectivity index (χ0n) is 8.74. The summed E-state index contributed by atoms with van der Waals surface area (Å²) in [5.74, 6) is 0. The van der Waals surface area contributed by atoms with E-state index in [0.29, 0.717) is 12.1 Å². The van der Waals surface area contributed by atoms with Gasteiger partial charge in [0, 0.05) is 45.4 Å². The molecule has 2 aliphatic heterocycles. The molecule has 0 aliphatic carbocycles. The summed E-state index contributed by atoms with van der Waals surface area (Å²) in [5.41, 5.74) is 5.65. The number of hydrogen-bond acceptors (Lipinski definition) is 4. The molecule has 0 radical (unpaired) electrons. The molecule has 2 heterocycles. The van der Waals surface area contributed by atoms with E-state index in [1.165, 1.54) is 12.8 Å². The van der Waals surface area contributed by atoms with E-state index in [-0.39, 0.29) is 0 Å². The summed E-state index contributed by atoms with van der Waals surface area (Å²) >= 11 is 0. The van der Waals surface area contributed by atoms with Crippen LogP contribution in [0.5, 0.6) is 0 Å². The summed E-state index contributed by atoms with van der Waals surface area (Å²) in [4.78, 5) is 2.48. The third kappa shape index (κ3) is 2.67. The predicted molar refractivity (Wildman–Crippen MR) is 56.3 cm³/mol. The Morgan fingerprint density at radius 1 is 1.50 bits per heavy atom. The SMILES string of the molecule is NCC1CN(CC2CCCO2)CCN1. The van der Waals surface area contributed by atoms with Gasteiger partial charge in [-0.1, -0.05) is 0 Å². The van der Waals surface area contributed by atoms with E-state index in [9.17, 15) is 0 Å². The van der Waals surface area contributed by atoms with Crippen molar-refractivity contribution in [1.82, 2.24) is 10.2 Å². The molecule has 2 rings (SSSR count). The van der Waals surface area contributed by atoms with E-state index >= 15 is 0 Å². The number of nitrogens with one attached hydrogen (secondary N) is 1. The smallest absolute Gasteiger partial charge is 0.0702 e. The summed E-state index contributed by atoms with van der Waals surface area (Å²) in [6.07, 6.45) is 2.94. The number of nitrogens with two attached hydrogens (primary N) is 1. The van der Waals surface area contributed by atoms with Crippen LogP contribution in [0, 0.1) is 0 Å². The van der Waals surface area contributed by atoms with E-state index in [4.69, 9.17) is 10.5 Å². The number of rotatable bonds is 3. The minimum absolute atomic E-state index is 0.477. The first-order valence-corrected chi connectivity index (χ1v) is 5.66. The molecule has 14 heavy (non-hydrogen) atoms. The van der Waals surface area contributed by atoms with E-state index in [0.717, 1.165) is 39.3 Å². The average molecular weight is 199 g/mol. The van der Waals surface area contributed by atoms with Crippen LogP contribution in [0.1, 0.15) is 12.8 Å². The highest BCUT2D eigenvalue weighted by Crippen LogP contribution is 2.13. The first-order chi connectivity index (χ1) is 6.88.